The topological polar surface area (TPSA) is 57.6 Å². The second kappa shape index (κ2) is 6.46. The maximum absolute atomic E-state index is 11.5. The van der Waals surface area contributed by atoms with E-state index in [-0.39, 0.29) is 11.7 Å². The molecule has 1 aliphatic heterocycles. The lowest BCUT2D eigenvalue weighted by atomic mass is 10.00. The Hall–Kier alpha value is -0.910. The number of hydrogen-bond donors (Lipinski definition) is 1. The highest BCUT2D eigenvalue weighted by atomic mass is 32.2. The van der Waals surface area contributed by atoms with Crippen LogP contribution in [0.3, 0.4) is 0 Å². The molecule has 2 rings (SSSR count). The molecule has 1 aliphatic rings. The first-order valence-corrected chi connectivity index (χ1v) is 9.23. The summed E-state index contributed by atoms with van der Waals surface area (Å²) in [7, 11) is -0.879. The monoisotopic (exact) mass is 311 g/mol. The van der Waals surface area contributed by atoms with E-state index in [0.29, 0.717) is 12.3 Å². The number of sulfone groups is 1. The van der Waals surface area contributed by atoms with Crippen molar-refractivity contribution in [2.45, 2.75) is 26.4 Å². The minimum Gasteiger partial charge on any atom is -0.387 e. The van der Waals surface area contributed by atoms with Gasteiger partial charge in [0.25, 0.3) is 0 Å². The standard InChI is InChI=1S/C16H25NO3S/c1-12-4-5-13(2)15(8-12)16(18)10-17(3)9-14-6-7-21(19,20)11-14/h4-5,8,14,16,18H,6-7,9-11H2,1-3H3/t14-,16+/m0/s1. The molecule has 0 radical (unpaired) electrons. The van der Waals surface area contributed by atoms with Crippen LogP contribution in [0.2, 0.25) is 0 Å². The van der Waals surface area contributed by atoms with Crippen LogP contribution in [-0.2, 0) is 9.84 Å². The third-order valence-corrected chi connectivity index (χ3v) is 6.01. The SMILES string of the molecule is Cc1ccc(C)c([C@H](O)CN(C)C[C@@H]2CCS(=O)(=O)C2)c1. The van der Waals surface area contributed by atoms with Gasteiger partial charge < -0.3 is 10.0 Å². The Labute approximate surface area is 127 Å². The average Bonchev–Trinajstić information content (AvgIpc) is 2.71. The van der Waals surface area contributed by atoms with E-state index in [0.717, 1.165) is 29.7 Å². The molecule has 0 unspecified atom stereocenters. The number of aliphatic hydroxyl groups excluding tert-OH is 1. The van der Waals surface area contributed by atoms with Crippen LogP contribution in [0.15, 0.2) is 18.2 Å². The van der Waals surface area contributed by atoms with Gasteiger partial charge >= 0.3 is 0 Å². The van der Waals surface area contributed by atoms with E-state index in [9.17, 15) is 13.5 Å². The van der Waals surface area contributed by atoms with Gasteiger partial charge in [0, 0.05) is 13.1 Å². The fraction of sp³-hybridized carbons (Fsp3) is 0.625. The number of rotatable bonds is 5. The second-order valence-corrected chi connectivity index (χ2v) is 8.59. The van der Waals surface area contributed by atoms with Crippen molar-refractivity contribution in [3.8, 4) is 0 Å². The lowest BCUT2D eigenvalue weighted by Gasteiger charge is -2.24. The van der Waals surface area contributed by atoms with Gasteiger partial charge in [-0.1, -0.05) is 23.8 Å². The van der Waals surface area contributed by atoms with E-state index < -0.39 is 15.9 Å². The van der Waals surface area contributed by atoms with Gasteiger partial charge in [0.2, 0.25) is 0 Å². The summed E-state index contributed by atoms with van der Waals surface area (Å²) >= 11 is 0. The average molecular weight is 311 g/mol. The van der Waals surface area contributed by atoms with Crippen LogP contribution >= 0.6 is 0 Å². The largest absolute Gasteiger partial charge is 0.387 e. The van der Waals surface area contributed by atoms with Crippen molar-refractivity contribution >= 4 is 9.84 Å². The van der Waals surface area contributed by atoms with E-state index >= 15 is 0 Å². The third kappa shape index (κ3) is 4.53. The molecule has 0 amide bonds. The highest BCUT2D eigenvalue weighted by molar-refractivity contribution is 7.91. The molecule has 21 heavy (non-hydrogen) atoms. The number of likely N-dealkylation sites (N-methyl/N-ethyl adjacent to an activating group) is 1. The fourth-order valence-electron chi connectivity index (χ4n) is 3.04. The van der Waals surface area contributed by atoms with Crippen molar-refractivity contribution < 1.29 is 13.5 Å². The second-order valence-electron chi connectivity index (χ2n) is 6.37. The van der Waals surface area contributed by atoms with Crippen molar-refractivity contribution in [3.63, 3.8) is 0 Å². The molecule has 1 saturated heterocycles. The lowest BCUT2D eigenvalue weighted by Crippen LogP contribution is -2.30. The predicted octanol–water partition coefficient (Wildman–Crippen LogP) is 1.70. The number of aryl methyl sites for hydroxylation is 2. The molecule has 1 aromatic carbocycles. The Balaban J connectivity index is 1.93. The molecule has 1 heterocycles. The van der Waals surface area contributed by atoms with Gasteiger partial charge in [-0.25, -0.2) is 8.42 Å². The summed E-state index contributed by atoms with van der Waals surface area (Å²) in [4.78, 5) is 2.04. The number of aliphatic hydroxyl groups is 1. The molecule has 0 aliphatic carbocycles. The van der Waals surface area contributed by atoms with E-state index in [1.807, 2.05) is 44.0 Å². The van der Waals surface area contributed by atoms with Crippen LogP contribution in [0.4, 0.5) is 0 Å². The highest BCUT2D eigenvalue weighted by Crippen LogP contribution is 2.22. The molecule has 118 valence electrons. The zero-order chi connectivity index (χ0) is 15.6. The van der Waals surface area contributed by atoms with Gasteiger partial charge in [-0.05, 0) is 44.4 Å². The van der Waals surface area contributed by atoms with Crippen LogP contribution < -0.4 is 0 Å². The zero-order valence-electron chi connectivity index (χ0n) is 13.0. The van der Waals surface area contributed by atoms with Crippen molar-refractivity contribution in [1.29, 1.82) is 0 Å². The first-order valence-electron chi connectivity index (χ1n) is 7.41. The van der Waals surface area contributed by atoms with Gasteiger partial charge in [0.05, 0.1) is 17.6 Å². The number of hydrogen-bond acceptors (Lipinski definition) is 4. The molecule has 5 heteroatoms. The van der Waals surface area contributed by atoms with Crippen molar-refractivity contribution in [1.82, 2.24) is 4.90 Å². The van der Waals surface area contributed by atoms with Gasteiger partial charge in [-0.3, -0.25) is 0 Å². The summed E-state index contributed by atoms with van der Waals surface area (Å²) in [6, 6.07) is 6.09. The number of nitrogens with zero attached hydrogens (tertiary/aromatic N) is 1. The Kier molecular flexibility index (Phi) is 5.07. The minimum atomic E-state index is -2.82. The van der Waals surface area contributed by atoms with Gasteiger partial charge in [0.15, 0.2) is 9.84 Å². The number of benzene rings is 1. The maximum Gasteiger partial charge on any atom is 0.150 e. The van der Waals surface area contributed by atoms with Crippen LogP contribution in [-0.4, -0.2) is 50.1 Å². The maximum atomic E-state index is 11.5. The quantitative estimate of drug-likeness (QED) is 0.899. The minimum absolute atomic E-state index is 0.200. The summed E-state index contributed by atoms with van der Waals surface area (Å²) in [5.41, 5.74) is 3.19. The summed E-state index contributed by atoms with van der Waals surface area (Å²) in [6.45, 7) is 5.27. The van der Waals surface area contributed by atoms with Gasteiger partial charge in [0.1, 0.15) is 0 Å². The van der Waals surface area contributed by atoms with Crippen LogP contribution in [0, 0.1) is 19.8 Å². The van der Waals surface area contributed by atoms with Crippen LogP contribution in [0.25, 0.3) is 0 Å². The predicted molar refractivity (Wildman–Crippen MR) is 85.1 cm³/mol. The molecule has 1 N–H and O–H groups in total. The molecule has 0 bridgehead atoms. The van der Waals surface area contributed by atoms with Gasteiger partial charge in [-0.2, -0.15) is 0 Å². The normalized spacial score (nSPS) is 22.6. The van der Waals surface area contributed by atoms with Crippen molar-refractivity contribution in [3.05, 3.63) is 34.9 Å². The summed E-state index contributed by atoms with van der Waals surface area (Å²) in [5.74, 6) is 0.799. The van der Waals surface area contributed by atoms with E-state index in [4.69, 9.17) is 0 Å². The molecule has 1 fully saturated rings. The molecule has 0 aromatic heterocycles. The van der Waals surface area contributed by atoms with E-state index in [1.54, 1.807) is 0 Å². The molecule has 4 nitrogen and oxygen atoms in total. The Morgan fingerprint density at radius 2 is 2.10 bits per heavy atom. The van der Waals surface area contributed by atoms with Crippen LogP contribution in [0.5, 0.6) is 0 Å². The highest BCUT2D eigenvalue weighted by Gasteiger charge is 2.28. The summed E-state index contributed by atoms with van der Waals surface area (Å²) in [5, 5.41) is 10.4. The lowest BCUT2D eigenvalue weighted by molar-refractivity contribution is 0.119. The molecule has 0 saturated carbocycles. The Bertz CT molecular complexity index is 598. The first-order chi connectivity index (χ1) is 9.77. The summed E-state index contributed by atoms with van der Waals surface area (Å²) in [6.07, 6.45) is 0.208. The Morgan fingerprint density at radius 1 is 1.38 bits per heavy atom. The molecular formula is C16H25NO3S. The zero-order valence-corrected chi connectivity index (χ0v) is 13.9. The van der Waals surface area contributed by atoms with Crippen molar-refractivity contribution in [2.75, 3.05) is 31.6 Å². The van der Waals surface area contributed by atoms with Crippen LogP contribution in [0.1, 0.15) is 29.2 Å². The summed E-state index contributed by atoms with van der Waals surface area (Å²) < 4.78 is 23.0. The van der Waals surface area contributed by atoms with Crippen molar-refractivity contribution in [2.24, 2.45) is 5.92 Å². The third-order valence-electron chi connectivity index (χ3n) is 4.17. The molecular weight excluding hydrogens is 286 g/mol. The first kappa shape index (κ1) is 16.5. The van der Waals surface area contributed by atoms with E-state index in [1.165, 1.54) is 0 Å². The Morgan fingerprint density at radius 3 is 2.71 bits per heavy atom. The molecule has 2 atom stereocenters. The molecule has 0 spiro atoms. The fourth-order valence-corrected chi connectivity index (χ4v) is 4.89. The van der Waals surface area contributed by atoms with Gasteiger partial charge in [-0.15, -0.1) is 0 Å². The molecule has 1 aromatic rings. The van der Waals surface area contributed by atoms with E-state index in [2.05, 4.69) is 0 Å². The smallest absolute Gasteiger partial charge is 0.150 e.